The Bertz CT molecular complexity index is 1930. The van der Waals surface area contributed by atoms with E-state index in [2.05, 4.69) is 4.74 Å². The van der Waals surface area contributed by atoms with E-state index in [0.717, 1.165) is 36.4 Å². The zero-order valence-corrected chi connectivity index (χ0v) is 29.1. The lowest BCUT2D eigenvalue weighted by Gasteiger charge is -2.38. The number of hydrogen-bond acceptors (Lipinski definition) is 5. The molecule has 0 aliphatic carbocycles. The van der Waals surface area contributed by atoms with Crippen molar-refractivity contribution < 1.29 is 62.3 Å². The van der Waals surface area contributed by atoms with Crippen LogP contribution in [0.5, 0.6) is 0 Å². The fraction of sp³-hybridized carbons (Fsp3) is 0.429. The number of alkyl halides is 6. The molecule has 0 radical (unpaired) electrons. The molecule has 18 heteroatoms. The predicted molar refractivity (Wildman–Crippen MR) is 171 cm³/mol. The van der Waals surface area contributed by atoms with Crippen LogP contribution in [0.15, 0.2) is 65.6 Å². The van der Waals surface area contributed by atoms with E-state index in [1.807, 2.05) is 0 Å². The minimum Gasteiger partial charge on any atom is -0.349 e. The zero-order valence-electron chi connectivity index (χ0n) is 28.3. The molecule has 2 aliphatic heterocycles. The van der Waals surface area contributed by atoms with Gasteiger partial charge in [-0.05, 0) is 54.3 Å². The number of halogens is 9. The number of aryl methyl sites for hydroxylation is 1. The van der Waals surface area contributed by atoms with Gasteiger partial charge in [-0.25, -0.2) is 26.4 Å². The molecule has 5 rings (SSSR count). The number of sulfone groups is 1. The molecule has 2 heterocycles. The number of hydrogen-bond donors (Lipinski definition) is 0. The highest BCUT2D eigenvalue weighted by molar-refractivity contribution is 7.92. The highest BCUT2D eigenvalue weighted by atomic mass is 32.2. The standard InChI is InChI=1S/C35H34F9N3O5S/c1-3-23-19-26(11-12-28(23)36)53(50,51)32(13-14-47(21-32)31(49)46-17-15-45(16-18-46)22(2)48)24-7-9-25(10-8-24)33(34(39,40)41,35(42,43)44)52-20-27-29(37)5-4-6-30(27)38/h4-12,19H,3,13-18,20-21H2,1-2H3. The Labute approximate surface area is 299 Å². The molecule has 1 unspecified atom stereocenters. The van der Waals surface area contributed by atoms with E-state index in [4.69, 9.17) is 0 Å². The molecule has 3 aromatic carbocycles. The Hall–Kier alpha value is -4.32. The Morgan fingerprint density at radius 2 is 1.34 bits per heavy atom. The molecule has 53 heavy (non-hydrogen) atoms. The van der Waals surface area contributed by atoms with Crippen molar-refractivity contribution in [3.63, 3.8) is 0 Å². The number of carbonyl (C=O) groups is 2. The summed E-state index contributed by atoms with van der Waals surface area (Å²) >= 11 is 0. The summed E-state index contributed by atoms with van der Waals surface area (Å²) in [5.74, 6) is -3.80. The number of amides is 3. The van der Waals surface area contributed by atoms with Crippen molar-refractivity contribution in [1.82, 2.24) is 14.7 Å². The maximum absolute atomic E-state index is 14.6. The second-order valence-corrected chi connectivity index (χ2v) is 15.1. The molecule has 8 nitrogen and oxygen atoms in total. The summed E-state index contributed by atoms with van der Waals surface area (Å²) in [6.45, 7) is 1.05. The summed E-state index contributed by atoms with van der Waals surface area (Å²) < 4.78 is 162. The molecule has 2 saturated heterocycles. The quantitative estimate of drug-likeness (QED) is 0.184. The summed E-state index contributed by atoms with van der Waals surface area (Å²) in [4.78, 5) is 29.1. The van der Waals surface area contributed by atoms with Gasteiger partial charge in [0.25, 0.3) is 5.60 Å². The highest BCUT2D eigenvalue weighted by Gasteiger charge is 2.73. The Kier molecular flexibility index (Phi) is 10.9. The first-order valence-corrected chi connectivity index (χ1v) is 17.8. The number of likely N-dealkylation sites (tertiary alicyclic amines) is 1. The first-order valence-electron chi connectivity index (χ1n) is 16.3. The van der Waals surface area contributed by atoms with Crippen LogP contribution in [-0.2, 0) is 42.7 Å². The highest BCUT2D eigenvalue weighted by Crippen LogP contribution is 2.54. The molecule has 0 spiro atoms. The summed E-state index contributed by atoms with van der Waals surface area (Å²) in [6.07, 6.45) is -12.8. The van der Waals surface area contributed by atoms with E-state index in [0.29, 0.717) is 24.3 Å². The molecular formula is C35H34F9N3O5S. The van der Waals surface area contributed by atoms with Crippen LogP contribution in [0.2, 0.25) is 0 Å². The predicted octanol–water partition coefficient (Wildman–Crippen LogP) is 6.86. The number of benzene rings is 3. The van der Waals surface area contributed by atoms with Gasteiger partial charge >= 0.3 is 18.4 Å². The van der Waals surface area contributed by atoms with Crippen LogP contribution in [0.4, 0.5) is 44.3 Å². The van der Waals surface area contributed by atoms with Crippen LogP contribution in [-0.4, -0.2) is 86.7 Å². The summed E-state index contributed by atoms with van der Waals surface area (Å²) in [7, 11) is -4.67. The Balaban J connectivity index is 1.59. The van der Waals surface area contributed by atoms with Crippen LogP contribution in [0, 0.1) is 17.5 Å². The van der Waals surface area contributed by atoms with Gasteiger partial charge in [0.15, 0.2) is 9.84 Å². The maximum Gasteiger partial charge on any atom is 0.430 e. The van der Waals surface area contributed by atoms with Crippen LogP contribution < -0.4 is 0 Å². The number of nitrogens with zero attached hydrogens (tertiary/aromatic N) is 3. The smallest absolute Gasteiger partial charge is 0.349 e. The molecule has 1 atom stereocenters. The minimum atomic E-state index is -6.24. The van der Waals surface area contributed by atoms with Crippen molar-refractivity contribution >= 4 is 21.8 Å². The van der Waals surface area contributed by atoms with Crippen molar-refractivity contribution in [3.8, 4) is 0 Å². The van der Waals surface area contributed by atoms with Crippen LogP contribution in [0.25, 0.3) is 0 Å². The van der Waals surface area contributed by atoms with E-state index < -0.39 is 80.3 Å². The van der Waals surface area contributed by atoms with Gasteiger partial charge in [-0.1, -0.05) is 37.3 Å². The molecule has 3 aromatic rings. The van der Waals surface area contributed by atoms with E-state index in [1.165, 1.54) is 21.6 Å². The lowest BCUT2D eigenvalue weighted by Crippen LogP contribution is -2.56. The van der Waals surface area contributed by atoms with Crippen molar-refractivity contribution in [3.05, 3.63) is 100 Å². The summed E-state index contributed by atoms with van der Waals surface area (Å²) in [5.41, 5.74) is -8.12. The lowest BCUT2D eigenvalue weighted by atomic mass is 9.88. The minimum absolute atomic E-state index is 0.0226. The fourth-order valence-electron chi connectivity index (χ4n) is 6.78. The van der Waals surface area contributed by atoms with Crippen molar-refractivity contribution in [2.24, 2.45) is 0 Å². The normalized spacial score (nSPS) is 18.8. The summed E-state index contributed by atoms with van der Waals surface area (Å²) in [5, 5.41) is 0. The Morgan fingerprint density at radius 3 is 1.87 bits per heavy atom. The number of ether oxygens (including phenoxy) is 1. The average Bonchev–Trinajstić information content (AvgIpc) is 3.56. The molecule has 0 aromatic heterocycles. The van der Waals surface area contributed by atoms with Gasteiger partial charge in [-0.3, -0.25) is 4.79 Å². The van der Waals surface area contributed by atoms with E-state index in [1.54, 1.807) is 6.92 Å². The number of carbonyl (C=O) groups excluding carboxylic acids is 2. The topological polar surface area (TPSA) is 87.2 Å². The van der Waals surface area contributed by atoms with E-state index in [9.17, 15) is 57.5 Å². The van der Waals surface area contributed by atoms with Crippen LogP contribution in [0.1, 0.15) is 42.5 Å². The zero-order chi connectivity index (χ0) is 39.1. The lowest BCUT2D eigenvalue weighted by molar-refractivity contribution is -0.392. The third-order valence-electron chi connectivity index (χ3n) is 9.83. The number of rotatable bonds is 8. The molecule has 288 valence electrons. The first-order chi connectivity index (χ1) is 24.7. The van der Waals surface area contributed by atoms with Crippen LogP contribution >= 0.6 is 0 Å². The first kappa shape index (κ1) is 39.9. The summed E-state index contributed by atoms with van der Waals surface area (Å²) in [6, 6.07) is 6.75. The molecule has 3 amide bonds. The third kappa shape index (κ3) is 7.06. The van der Waals surface area contributed by atoms with Gasteiger partial charge < -0.3 is 19.4 Å². The molecule has 2 aliphatic rings. The second-order valence-electron chi connectivity index (χ2n) is 12.8. The molecule has 0 saturated carbocycles. The Morgan fingerprint density at radius 1 is 0.774 bits per heavy atom. The van der Waals surface area contributed by atoms with Gasteiger partial charge in [0.2, 0.25) is 5.91 Å². The SMILES string of the molecule is CCc1cc(S(=O)(=O)C2(c3ccc(C(OCc4c(F)cccc4F)(C(F)(F)F)C(F)(F)F)cc3)CCN(C(=O)N3CCN(C(C)=O)CC3)C2)ccc1F. The fourth-order valence-corrected chi connectivity index (χ4v) is 8.91. The number of piperazine rings is 1. The van der Waals surface area contributed by atoms with Gasteiger partial charge in [0, 0.05) is 57.3 Å². The van der Waals surface area contributed by atoms with E-state index in [-0.39, 0.29) is 67.5 Å². The monoisotopic (exact) mass is 779 g/mol. The van der Waals surface area contributed by atoms with Crippen molar-refractivity contribution in [1.29, 1.82) is 0 Å². The molecule has 0 bridgehead atoms. The van der Waals surface area contributed by atoms with Gasteiger partial charge in [-0.2, -0.15) is 26.3 Å². The number of urea groups is 1. The molecule has 2 fully saturated rings. The second kappa shape index (κ2) is 14.5. The van der Waals surface area contributed by atoms with Gasteiger partial charge in [0.05, 0.1) is 11.5 Å². The average molecular weight is 780 g/mol. The van der Waals surface area contributed by atoms with Crippen molar-refractivity contribution in [2.45, 2.75) is 60.9 Å². The molecule has 0 N–H and O–H groups in total. The van der Waals surface area contributed by atoms with E-state index >= 15 is 0 Å². The largest absolute Gasteiger partial charge is 0.430 e. The maximum atomic E-state index is 14.6. The van der Waals surface area contributed by atoms with Crippen LogP contribution in [0.3, 0.4) is 0 Å². The van der Waals surface area contributed by atoms with Gasteiger partial charge in [-0.15, -0.1) is 0 Å². The third-order valence-corrected chi connectivity index (χ3v) is 12.3. The molecular weight excluding hydrogens is 745 g/mol. The van der Waals surface area contributed by atoms with Crippen molar-refractivity contribution in [2.75, 3.05) is 39.3 Å². The van der Waals surface area contributed by atoms with Gasteiger partial charge in [0.1, 0.15) is 22.2 Å².